The predicted octanol–water partition coefficient (Wildman–Crippen LogP) is 0.0520. The molecule has 0 aromatic carbocycles. The van der Waals surface area contributed by atoms with Crippen LogP contribution in [0.25, 0.3) is 0 Å². The van der Waals surface area contributed by atoms with E-state index >= 15 is 0 Å². The quantitative estimate of drug-likeness (QED) is 0.812. The van der Waals surface area contributed by atoms with Crippen molar-refractivity contribution in [2.45, 2.75) is 39.3 Å². The molecule has 3 amide bonds. The maximum atomic E-state index is 11.9. The molecule has 0 saturated carbocycles. The molecule has 1 aliphatic rings. The third-order valence-corrected chi connectivity index (χ3v) is 3.10. The van der Waals surface area contributed by atoms with Gasteiger partial charge in [-0.3, -0.25) is 4.79 Å². The molecule has 0 aliphatic carbocycles. The molecule has 0 spiro atoms. The number of carbonyl (C=O) groups excluding carboxylic acids is 2. The second-order valence-electron chi connectivity index (χ2n) is 4.75. The highest BCUT2D eigenvalue weighted by molar-refractivity contribution is 5.75. The van der Waals surface area contributed by atoms with Crippen molar-refractivity contribution in [3.8, 4) is 0 Å². The van der Waals surface area contributed by atoms with Crippen LogP contribution in [0, 0.1) is 0 Å². The fourth-order valence-corrected chi connectivity index (χ4v) is 2.12. The minimum Gasteiger partial charge on any atom is -0.352 e. The van der Waals surface area contributed by atoms with Crippen molar-refractivity contribution in [1.29, 1.82) is 0 Å². The second kappa shape index (κ2) is 6.36. The summed E-state index contributed by atoms with van der Waals surface area (Å²) in [4.78, 5) is 28.7. The van der Waals surface area contributed by atoms with E-state index in [9.17, 15) is 9.59 Å². The molecule has 20 heavy (non-hydrogen) atoms. The summed E-state index contributed by atoms with van der Waals surface area (Å²) in [6.45, 7) is 4.77. The molecule has 8 heteroatoms. The highest BCUT2D eigenvalue weighted by Gasteiger charge is 2.26. The van der Waals surface area contributed by atoms with E-state index in [0.29, 0.717) is 31.2 Å². The summed E-state index contributed by atoms with van der Waals surface area (Å²) in [5.41, 5.74) is 0. The van der Waals surface area contributed by atoms with Gasteiger partial charge < -0.3 is 20.1 Å². The fraction of sp³-hybridized carbons (Fsp3) is 0.667. The molecule has 1 atom stereocenters. The number of amides is 3. The van der Waals surface area contributed by atoms with Crippen molar-refractivity contribution in [2.24, 2.45) is 0 Å². The van der Waals surface area contributed by atoms with Gasteiger partial charge in [0, 0.05) is 32.5 Å². The Kier molecular flexibility index (Phi) is 4.54. The van der Waals surface area contributed by atoms with Crippen LogP contribution in [0.5, 0.6) is 0 Å². The van der Waals surface area contributed by atoms with E-state index in [0.717, 1.165) is 6.42 Å². The molecule has 8 nitrogen and oxygen atoms in total. The van der Waals surface area contributed by atoms with Crippen molar-refractivity contribution in [1.82, 2.24) is 25.7 Å². The van der Waals surface area contributed by atoms with E-state index in [1.807, 2.05) is 6.92 Å². The molecule has 1 aromatic rings. The van der Waals surface area contributed by atoms with Gasteiger partial charge in [0.25, 0.3) is 0 Å². The molecule has 1 fully saturated rings. The first kappa shape index (κ1) is 14.3. The standard InChI is InChI=1S/C12H19N5O3/c1-3-10-15-11(20-16-10)6-13-12(19)17-5-4-9(7-17)14-8(2)18/h9H,3-7H2,1-2H3,(H,13,19)(H,14,18). The van der Waals surface area contributed by atoms with Gasteiger partial charge in [-0.25, -0.2) is 4.79 Å². The zero-order valence-electron chi connectivity index (χ0n) is 11.7. The van der Waals surface area contributed by atoms with E-state index < -0.39 is 0 Å². The number of nitrogens with zero attached hydrogens (tertiary/aromatic N) is 3. The molecule has 2 N–H and O–H groups in total. The lowest BCUT2D eigenvalue weighted by molar-refractivity contribution is -0.119. The summed E-state index contributed by atoms with van der Waals surface area (Å²) < 4.78 is 4.99. The first-order valence-electron chi connectivity index (χ1n) is 6.69. The van der Waals surface area contributed by atoms with Crippen LogP contribution in [-0.2, 0) is 17.8 Å². The lowest BCUT2D eigenvalue weighted by Gasteiger charge is -2.16. The lowest BCUT2D eigenvalue weighted by Crippen LogP contribution is -2.41. The number of aryl methyl sites for hydroxylation is 1. The van der Waals surface area contributed by atoms with E-state index in [1.165, 1.54) is 6.92 Å². The molecule has 1 aromatic heterocycles. The van der Waals surface area contributed by atoms with Crippen LogP contribution in [0.1, 0.15) is 32.0 Å². The summed E-state index contributed by atoms with van der Waals surface area (Å²) in [5.74, 6) is 0.948. The minimum atomic E-state index is -0.186. The Morgan fingerprint density at radius 2 is 2.30 bits per heavy atom. The number of rotatable bonds is 4. The van der Waals surface area contributed by atoms with Crippen molar-refractivity contribution in [3.05, 3.63) is 11.7 Å². The SMILES string of the molecule is CCc1noc(CNC(=O)N2CCC(NC(C)=O)C2)n1. The fourth-order valence-electron chi connectivity index (χ4n) is 2.12. The third kappa shape index (κ3) is 3.69. The van der Waals surface area contributed by atoms with E-state index in [2.05, 4.69) is 20.8 Å². The Morgan fingerprint density at radius 1 is 1.50 bits per heavy atom. The summed E-state index contributed by atoms with van der Waals surface area (Å²) >= 11 is 0. The molecule has 1 aliphatic heterocycles. The molecule has 110 valence electrons. The predicted molar refractivity (Wildman–Crippen MR) is 69.7 cm³/mol. The molecule has 1 unspecified atom stereocenters. The summed E-state index contributed by atoms with van der Waals surface area (Å²) in [6.07, 6.45) is 1.47. The van der Waals surface area contributed by atoms with Crippen LogP contribution in [0.3, 0.4) is 0 Å². The molecular weight excluding hydrogens is 262 g/mol. The van der Waals surface area contributed by atoms with E-state index in [1.54, 1.807) is 4.90 Å². The molecule has 0 bridgehead atoms. The Balaban J connectivity index is 1.76. The zero-order valence-corrected chi connectivity index (χ0v) is 11.7. The first-order valence-corrected chi connectivity index (χ1v) is 6.69. The minimum absolute atomic E-state index is 0.0355. The van der Waals surface area contributed by atoms with Crippen LogP contribution in [-0.4, -0.2) is 46.1 Å². The molecular formula is C12H19N5O3. The van der Waals surface area contributed by atoms with Crippen LogP contribution < -0.4 is 10.6 Å². The van der Waals surface area contributed by atoms with Crippen molar-refractivity contribution in [3.63, 3.8) is 0 Å². The number of nitrogens with one attached hydrogen (secondary N) is 2. The smallest absolute Gasteiger partial charge is 0.317 e. The van der Waals surface area contributed by atoms with Gasteiger partial charge in [-0.2, -0.15) is 4.98 Å². The normalized spacial score (nSPS) is 18.1. The lowest BCUT2D eigenvalue weighted by atomic mass is 10.3. The van der Waals surface area contributed by atoms with Crippen LogP contribution >= 0.6 is 0 Å². The van der Waals surface area contributed by atoms with Gasteiger partial charge >= 0.3 is 6.03 Å². The van der Waals surface area contributed by atoms with Gasteiger partial charge in [0.2, 0.25) is 11.8 Å². The Bertz CT molecular complexity index is 487. The molecule has 2 heterocycles. The maximum absolute atomic E-state index is 11.9. The topological polar surface area (TPSA) is 100 Å². The second-order valence-corrected chi connectivity index (χ2v) is 4.75. The molecule has 1 saturated heterocycles. The van der Waals surface area contributed by atoms with Crippen LogP contribution in [0.2, 0.25) is 0 Å². The summed E-state index contributed by atoms with van der Waals surface area (Å²) in [7, 11) is 0. The number of hydrogen-bond acceptors (Lipinski definition) is 5. The zero-order chi connectivity index (χ0) is 14.5. The summed E-state index contributed by atoms with van der Waals surface area (Å²) in [6, 6.07) is -0.151. The highest BCUT2D eigenvalue weighted by Crippen LogP contribution is 2.09. The van der Waals surface area contributed by atoms with Crippen molar-refractivity contribution in [2.75, 3.05) is 13.1 Å². The average Bonchev–Trinajstić information content (AvgIpc) is 3.04. The Labute approximate surface area is 116 Å². The molecule has 0 radical (unpaired) electrons. The Hall–Kier alpha value is -2.12. The third-order valence-electron chi connectivity index (χ3n) is 3.10. The van der Waals surface area contributed by atoms with Crippen molar-refractivity contribution < 1.29 is 14.1 Å². The van der Waals surface area contributed by atoms with E-state index in [-0.39, 0.29) is 24.5 Å². The maximum Gasteiger partial charge on any atom is 0.317 e. The number of urea groups is 1. The number of likely N-dealkylation sites (tertiary alicyclic amines) is 1. The number of carbonyl (C=O) groups is 2. The molecule has 2 rings (SSSR count). The van der Waals surface area contributed by atoms with Gasteiger partial charge in [-0.1, -0.05) is 12.1 Å². The Morgan fingerprint density at radius 3 is 2.95 bits per heavy atom. The van der Waals surface area contributed by atoms with Gasteiger partial charge in [-0.05, 0) is 6.42 Å². The average molecular weight is 281 g/mol. The van der Waals surface area contributed by atoms with Gasteiger partial charge in [-0.15, -0.1) is 0 Å². The van der Waals surface area contributed by atoms with Crippen LogP contribution in [0.4, 0.5) is 4.79 Å². The first-order chi connectivity index (χ1) is 9.58. The van der Waals surface area contributed by atoms with Crippen molar-refractivity contribution >= 4 is 11.9 Å². The van der Waals surface area contributed by atoms with Gasteiger partial charge in [0.15, 0.2) is 5.82 Å². The summed E-state index contributed by atoms with van der Waals surface area (Å²) in [5, 5.41) is 9.30. The highest BCUT2D eigenvalue weighted by atomic mass is 16.5. The van der Waals surface area contributed by atoms with E-state index in [4.69, 9.17) is 4.52 Å². The monoisotopic (exact) mass is 281 g/mol. The van der Waals surface area contributed by atoms with Gasteiger partial charge in [0.05, 0.1) is 6.54 Å². The number of hydrogen-bond donors (Lipinski definition) is 2. The largest absolute Gasteiger partial charge is 0.352 e. The van der Waals surface area contributed by atoms with Crippen LogP contribution in [0.15, 0.2) is 4.52 Å². The number of aromatic nitrogens is 2. The van der Waals surface area contributed by atoms with Gasteiger partial charge in [0.1, 0.15) is 0 Å².